The molecule has 0 saturated carbocycles. The topological polar surface area (TPSA) is 148 Å². The smallest absolute Gasteiger partial charge is 0.543 e. The Hall–Kier alpha value is -1.86. The molecule has 1 saturated heterocycles. The molecule has 3 heterocycles. The maximum absolute atomic E-state index is 12.5. The summed E-state index contributed by atoms with van der Waals surface area (Å²) >= 11 is 2.40. The van der Waals surface area contributed by atoms with E-state index in [0.29, 0.717) is 4.88 Å². The summed E-state index contributed by atoms with van der Waals surface area (Å²) in [6.07, 6.45) is 0. The Labute approximate surface area is 195 Å². The number of ether oxygens (including phenoxy) is 1. The van der Waals surface area contributed by atoms with Crippen molar-refractivity contribution in [1.82, 2.24) is 10.2 Å². The first-order valence-electron chi connectivity index (χ1n) is 7.93. The van der Waals surface area contributed by atoms with Gasteiger partial charge < -0.3 is 25.2 Å². The molecular weight excluding hydrogens is 433 g/mol. The van der Waals surface area contributed by atoms with Gasteiger partial charge in [0.05, 0.1) is 16.5 Å². The van der Waals surface area contributed by atoms with Crippen molar-refractivity contribution >= 4 is 52.6 Å². The van der Waals surface area contributed by atoms with Crippen LogP contribution in [0.25, 0.3) is 0 Å². The molecule has 2 aliphatic heterocycles. The molecule has 29 heavy (non-hydrogen) atoms. The van der Waals surface area contributed by atoms with E-state index in [1.807, 2.05) is 0 Å². The minimum absolute atomic E-state index is 0. The molecular formula is C16H14N3NaO7S2. The third-order valence-corrected chi connectivity index (χ3v) is 6.26. The second-order valence-corrected chi connectivity index (χ2v) is 7.86. The molecule has 2 N–H and O–H groups in total. The molecule has 1 aromatic heterocycles. The second kappa shape index (κ2) is 9.76. The third-order valence-electron chi connectivity index (χ3n) is 4.05. The Kier molecular flexibility index (Phi) is 7.88. The number of fused-ring (bicyclic) bond motifs is 1. The Morgan fingerprint density at radius 1 is 1.45 bits per heavy atom. The quantitative estimate of drug-likeness (QED) is 0.112. The fourth-order valence-corrected chi connectivity index (χ4v) is 4.83. The number of oxime groups is 1. The number of amides is 2. The van der Waals surface area contributed by atoms with E-state index < -0.39 is 35.2 Å². The number of carbonyl (C=O) groups excluding carboxylic acids is 4. The molecule has 2 amide bonds. The Balaban J connectivity index is 0.00000300. The normalized spacial score (nSPS) is 20.9. The van der Waals surface area contributed by atoms with Crippen molar-refractivity contribution in [2.45, 2.75) is 18.3 Å². The number of β-lactam (4-membered cyclic amide) rings is 1. The minimum Gasteiger partial charge on any atom is -0.543 e. The van der Waals surface area contributed by atoms with Gasteiger partial charge in [-0.25, -0.2) is 0 Å². The number of nitrogens with zero attached hydrogens (tertiary/aromatic N) is 2. The van der Waals surface area contributed by atoms with Crippen molar-refractivity contribution in [1.29, 1.82) is 0 Å². The van der Waals surface area contributed by atoms with E-state index in [1.54, 1.807) is 17.5 Å². The standard InChI is InChI=1S/C16H15N3O7S2.Na/c1-7(20)26-5-8-6-28-15-11(14(22)19(15)12(8)16(23)24)17-13(21)10(18-25)9-3-2-4-27-9;/h2-4,11,15,25H,5-6H2,1H3,(H,17,21)(H,23,24);/q;+1/p-1/t11-,15-;/m1./s1. The number of hydrogen-bond donors (Lipinski definition) is 2. The molecule has 0 bridgehead atoms. The van der Waals surface area contributed by atoms with Crippen molar-refractivity contribution in [2.75, 3.05) is 12.4 Å². The van der Waals surface area contributed by atoms with Gasteiger partial charge in [-0.2, -0.15) is 0 Å². The van der Waals surface area contributed by atoms with E-state index in [2.05, 4.69) is 10.5 Å². The number of thioether (sulfide) groups is 1. The number of aliphatic carboxylic acids is 1. The van der Waals surface area contributed by atoms with E-state index >= 15 is 0 Å². The van der Waals surface area contributed by atoms with Crippen molar-refractivity contribution in [3.05, 3.63) is 33.7 Å². The van der Waals surface area contributed by atoms with Gasteiger partial charge in [0.15, 0.2) is 5.71 Å². The van der Waals surface area contributed by atoms with Crippen molar-refractivity contribution in [3.8, 4) is 0 Å². The van der Waals surface area contributed by atoms with Gasteiger partial charge in [-0.05, 0) is 11.4 Å². The first-order chi connectivity index (χ1) is 13.3. The number of carboxylic acids is 1. The second-order valence-electron chi connectivity index (χ2n) is 5.81. The largest absolute Gasteiger partial charge is 1.00 e. The molecule has 1 aromatic rings. The molecule has 0 aromatic carbocycles. The summed E-state index contributed by atoms with van der Waals surface area (Å²) in [4.78, 5) is 48.8. The molecule has 13 heteroatoms. The monoisotopic (exact) mass is 447 g/mol. The van der Waals surface area contributed by atoms with E-state index in [1.165, 1.54) is 30.0 Å². The van der Waals surface area contributed by atoms with Crippen molar-refractivity contribution in [2.24, 2.45) is 5.16 Å². The van der Waals surface area contributed by atoms with Crippen molar-refractivity contribution in [3.63, 3.8) is 0 Å². The average molecular weight is 447 g/mol. The molecule has 0 radical (unpaired) electrons. The number of nitrogens with one attached hydrogen (secondary N) is 1. The van der Waals surface area contributed by atoms with E-state index in [9.17, 15) is 24.3 Å². The van der Waals surface area contributed by atoms with Crippen LogP contribution >= 0.6 is 23.1 Å². The van der Waals surface area contributed by atoms with Gasteiger partial charge in [-0.1, -0.05) is 11.2 Å². The van der Waals surface area contributed by atoms with Gasteiger partial charge in [0.2, 0.25) is 0 Å². The number of carboxylic acid groups (broad SMARTS) is 1. The zero-order valence-electron chi connectivity index (χ0n) is 15.4. The first-order valence-corrected chi connectivity index (χ1v) is 9.86. The van der Waals surface area contributed by atoms with Gasteiger partial charge in [-0.3, -0.25) is 19.3 Å². The van der Waals surface area contributed by atoms with E-state index in [-0.39, 0.29) is 58.9 Å². The average Bonchev–Trinajstić information content (AvgIpc) is 3.18. The summed E-state index contributed by atoms with van der Waals surface area (Å²) in [5.41, 5.74) is -0.353. The molecule has 0 aliphatic carbocycles. The van der Waals surface area contributed by atoms with Crippen LogP contribution in [-0.4, -0.2) is 63.3 Å². The SMILES string of the molecule is CC(=O)OCC1=C(C(=O)[O-])N2C(=O)[C@@H](NC(=O)C(=NO)c3cccs3)[C@H]2SC1.[Na+]. The van der Waals surface area contributed by atoms with Crippen LogP contribution in [0.15, 0.2) is 33.9 Å². The predicted octanol–water partition coefficient (Wildman–Crippen LogP) is -4.10. The molecule has 2 atom stereocenters. The third kappa shape index (κ3) is 4.67. The van der Waals surface area contributed by atoms with Crippen LogP contribution in [0.1, 0.15) is 11.8 Å². The molecule has 2 aliphatic rings. The van der Waals surface area contributed by atoms with Gasteiger partial charge in [-0.15, -0.1) is 23.1 Å². The van der Waals surface area contributed by atoms with Crippen LogP contribution in [0.4, 0.5) is 0 Å². The Morgan fingerprint density at radius 2 is 2.17 bits per heavy atom. The zero-order valence-corrected chi connectivity index (χ0v) is 19.0. The maximum atomic E-state index is 12.5. The summed E-state index contributed by atoms with van der Waals surface area (Å²) in [6, 6.07) is 2.27. The van der Waals surface area contributed by atoms with Crippen LogP contribution in [0, 0.1) is 0 Å². The Morgan fingerprint density at radius 3 is 2.72 bits per heavy atom. The number of carbonyl (C=O) groups is 4. The van der Waals surface area contributed by atoms with E-state index in [0.717, 1.165) is 4.90 Å². The summed E-state index contributed by atoms with van der Waals surface area (Å²) in [7, 11) is 0. The van der Waals surface area contributed by atoms with Crippen LogP contribution < -0.4 is 40.0 Å². The molecule has 3 rings (SSSR count). The fraction of sp³-hybridized carbons (Fsp3) is 0.312. The number of rotatable bonds is 6. The molecule has 0 unspecified atom stereocenters. The van der Waals surface area contributed by atoms with Crippen LogP contribution in [0.2, 0.25) is 0 Å². The first kappa shape index (κ1) is 23.4. The number of esters is 1. The van der Waals surface area contributed by atoms with Crippen LogP contribution in [-0.2, 0) is 23.9 Å². The van der Waals surface area contributed by atoms with Crippen molar-refractivity contribution < 1.29 is 63.8 Å². The van der Waals surface area contributed by atoms with Crippen LogP contribution in [0.5, 0.6) is 0 Å². The molecule has 10 nitrogen and oxygen atoms in total. The van der Waals surface area contributed by atoms with Gasteiger partial charge in [0, 0.05) is 18.2 Å². The molecule has 1 fully saturated rings. The Bertz CT molecular complexity index is 900. The van der Waals surface area contributed by atoms with Crippen LogP contribution in [0.3, 0.4) is 0 Å². The molecule has 148 valence electrons. The summed E-state index contributed by atoms with van der Waals surface area (Å²) in [5.74, 6) is -3.37. The zero-order chi connectivity index (χ0) is 20.4. The fourth-order valence-electron chi connectivity index (χ4n) is 2.80. The predicted molar refractivity (Wildman–Crippen MR) is 96.3 cm³/mol. The number of thiophene rings is 1. The minimum atomic E-state index is -1.57. The summed E-state index contributed by atoms with van der Waals surface area (Å²) in [5, 5.41) is 27.2. The molecule has 0 spiro atoms. The summed E-state index contributed by atoms with van der Waals surface area (Å²) < 4.78 is 4.83. The van der Waals surface area contributed by atoms with Gasteiger partial charge >= 0.3 is 35.5 Å². The summed E-state index contributed by atoms with van der Waals surface area (Å²) in [6.45, 7) is 0.922. The maximum Gasteiger partial charge on any atom is 1.00 e. The van der Waals surface area contributed by atoms with E-state index in [4.69, 9.17) is 9.94 Å². The number of hydrogen-bond acceptors (Lipinski definition) is 10. The van der Waals surface area contributed by atoms with Gasteiger partial charge in [0.1, 0.15) is 18.0 Å². The van der Waals surface area contributed by atoms with Gasteiger partial charge in [0.25, 0.3) is 11.8 Å².